The Bertz CT molecular complexity index is 1020. The summed E-state index contributed by atoms with van der Waals surface area (Å²) in [5, 5.41) is 10.5. The molecule has 2 aromatic rings. The second kappa shape index (κ2) is 11.4. The molecule has 0 saturated carbocycles. The van der Waals surface area contributed by atoms with Crippen LogP contribution in [-0.2, 0) is 27.1 Å². The molecule has 0 radical (unpaired) electrons. The third kappa shape index (κ3) is 6.34. The van der Waals surface area contributed by atoms with Crippen molar-refractivity contribution in [1.82, 2.24) is 0 Å². The Kier molecular flexibility index (Phi) is 8.31. The summed E-state index contributed by atoms with van der Waals surface area (Å²) in [6, 6.07) is 11.8. The molecule has 1 fully saturated rings. The van der Waals surface area contributed by atoms with Crippen LogP contribution >= 0.6 is 0 Å². The summed E-state index contributed by atoms with van der Waals surface area (Å²) in [5.41, 5.74) is 10.5. The van der Waals surface area contributed by atoms with Crippen molar-refractivity contribution >= 4 is 5.97 Å². The van der Waals surface area contributed by atoms with E-state index in [-0.39, 0.29) is 24.7 Å². The van der Waals surface area contributed by atoms with Crippen molar-refractivity contribution in [3.8, 4) is 11.5 Å². The maximum absolute atomic E-state index is 12.2. The Hall–Kier alpha value is -2.61. The second-order valence-electron chi connectivity index (χ2n) is 9.81. The van der Waals surface area contributed by atoms with Gasteiger partial charge in [-0.25, -0.2) is 0 Å². The Morgan fingerprint density at radius 3 is 2.60 bits per heavy atom. The Morgan fingerprint density at radius 1 is 1.09 bits per heavy atom. The zero-order chi connectivity index (χ0) is 24.9. The number of carbonyl (C=O) groups is 1. The third-order valence-corrected chi connectivity index (χ3v) is 6.76. The van der Waals surface area contributed by atoms with Crippen LogP contribution in [0.2, 0.25) is 0 Å². The number of aliphatic hydroxyl groups excluding tert-OH is 1. The average molecular weight is 484 g/mol. The van der Waals surface area contributed by atoms with E-state index < -0.39 is 18.1 Å². The second-order valence-corrected chi connectivity index (χ2v) is 9.81. The first-order chi connectivity index (χ1) is 16.8. The van der Waals surface area contributed by atoms with Crippen LogP contribution in [0.15, 0.2) is 36.4 Å². The smallest absolute Gasteiger partial charge is 0.323 e. The molecule has 0 spiro atoms. The largest absolute Gasteiger partial charge is 0.486 e. The lowest BCUT2D eigenvalue weighted by molar-refractivity contribution is -0.160. The van der Waals surface area contributed by atoms with Crippen LogP contribution in [0.4, 0.5) is 0 Å². The summed E-state index contributed by atoms with van der Waals surface area (Å²) in [6.07, 6.45) is 1.44. The van der Waals surface area contributed by atoms with Crippen LogP contribution < -0.4 is 15.2 Å². The molecule has 4 atom stereocenters. The number of ether oxygens (including phenoxy) is 4. The fourth-order valence-corrected chi connectivity index (χ4v) is 4.63. The van der Waals surface area contributed by atoms with Gasteiger partial charge in [-0.1, -0.05) is 45.0 Å². The SMILES string of the molecule is CCc1ccc(C2CC(O)CC(COC(=O)C(N)C(C)C)O2)cc1Cc1ccc2c(c1)OCCO2. The van der Waals surface area contributed by atoms with E-state index in [0.29, 0.717) is 26.1 Å². The van der Waals surface area contributed by atoms with E-state index in [4.69, 9.17) is 24.7 Å². The number of hydrogen-bond acceptors (Lipinski definition) is 7. The molecule has 0 amide bonds. The number of carbonyl (C=O) groups excluding carboxylic acids is 1. The third-order valence-electron chi connectivity index (χ3n) is 6.76. The summed E-state index contributed by atoms with van der Waals surface area (Å²) >= 11 is 0. The summed E-state index contributed by atoms with van der Waals surface area (Å²) < 4.78 is 23.1. The van der Waals surface area contributed by atoms with E-state index in [0.717, 1.165) is 35.5 Å². The molecule has 0 bridgehead atoms. The normalized spacial score (nSPS) is 22.6. The molecule has 35 heavy (non-hydrogen) atoms. The fraction of sp³-hybridized carbons (Fsp3) is 0.536. The predicted molar refractivity (Wildman–Crippen MR) is 133 cm³/mol. The predicted octanol–water partition coefficient (Wildman–Crippen LogP) is 3.72. The van der Waals surface area contributed by atoms with Gasteiger partial charge >= 0.3 is 5.97 Å². The zero-order valence-electron chi connectivity index (χ0n) is 20.9. The van der Waals surface area contributed by atoms with Crippen molar-refractivity contribution in [2.45, 2.75) is 70.8 Å². The standard InChI is InChI=1S/C28H37NO6/c1-4-19-6-7-20(13-21(19)11-18-5-8-24-26(12-18)33-10-9-32-24)25-15-22(30)14-23(35-25)16-34-28(31)27(29)17(2)3/h5-8,12-13,17,22-23,25,27,30H,4,9-11,14-16,29H2,1-3H3. The first-order valence-corrected chi connectivity index (χ1v) is 12.6. The molecule has 2 heterocycles. The molecule has 4 unspecified atom stereocenters. The number of rotatable bonds is 8. The van der Waals surface area contributed by atoms with Crippen molar-refractivity contribution in [2.24, 2.45) is 11.7 Å². The number of esters is 1. The number of nitrogens with two attached hydrogens (primary N) is 1. The number of aliphatic hydroxyl groups is 1. The first-order valence-electron chi connectivity index (χ1n) is 12.6. The lowest BCUT2D eigenvalue weighted by Gasteiger charge is -2.33. The van der Waals surface area contributed by atoms with Gasteiger partial charge in [0.2, 0.25) is 0 Å². The maximum Gasteiger partial charge on any atom is 0.323 e. The minimum absolute atomic E-state index is 0.00202. The average Bonchev–Trinajstić information content (AvgIpc) is 2.86. The number of fused-ring (bicyclic) bond motifs is 1. The molecule has 1 saturated heterocycles. The molecule has 4 rings (SSSR count). The number of hydrogen-bond donors (Lipinski definition) is 2. The molecule has 190 valence electrons. The van der Waals surface area contributed by atoms with Crippen molar-refractivity contribution in [3.63, 3.8) is 0 Å². The minimum atomic E-state index is -0.663. The van der Waals surface area contributed by atoms with E-state index in [1.54, 1.807) is 0 Å². The van der Waals surface area contributed by atoms with Gasteiger partial charge in [-0.15, -0.1) is 0 Å². The molecular weight excluding hydrogens is 446 g/mol. The summed E-state index contributed by atoms with van der Waals surface area (Å²) in [5.74, 6) is 1.14. The Labute approximate surface area is 207 Å². The van der Waals surface area contributed by atoms with Crippen LogP contribution in [0, 0.1) is 5.92 Å². The van der Waals surface area contributed by atoms with Gasteiger partial charge in [0, 0.05) is 12.8 Å². The summed E-state index contributed by atoms with van der Waals surface area (Å²) in [6.45, 7) is 7.13. The molecule has 3 N–H and O–H groups in total. The summed E-state index contributed by atoms with van der Waals surface area (Å²) in [4.78, 5) is 12.2. The lowest BCUT2D eigenvalue weighted by Crippen LogP contribution is -2.40. The fourth-order valence-electron chi connectivity index (χ4n) is 4.63. The number of aryl methyl sites for hydroxylation is 1. The van der Waals surface area contributed by atoms with Gasteiger partial charge in [-0.2, -0.15) is 0 Å². The highest BCUT2D eigenvalue weighted by atomic mass is 16.6. The number of benzene rings is 2. The van der Waals surface area contributed by atoms with Crippen molar-refractivity contribution in [1.29, 1.82) is 0 Å². The van der Waals surface area contributed by atoms with E-state index in [9.17, 15) is 9.90 Å². The summed E-state index contributed by atoms with van der Waals surface area (Å²) in [7, 11) is 0. The van der Waals surface area contributed by atoms with Gasteiger partial charge < -0.3 is 29.8 Å². The highest BCUT2D eigenvalue weighted by Crippen LogP contribution is 2.35. The van der Waals surface area contributed by atoms with Crippen molar-refractivity contribution in [3.05, 3.63) is 58.7 Å². The molecule has 0 aliphatic carbocycles. The van der Waals surface area contributed by atoms with Crippen LogP contribution in [0.1, 0.15) is 62.0 Å². The van der Waals surface area contributed by atoms with E-state index in [1.807, 2.05) is 26.0 Å². The molecule has 2 aromatic carbocycles. The van der Waals surface area contributed by atoms with Gasteiger partial charge in [-0.3, -0.25) is 4.79 Å². The molecule has 7 heteroatoms. The quantitative estimate of drug-likeness (QED) is 0.552. The lowest BCUT2D eigenvalue weighted by atomic mass is 9.91. The monoisotopic (exact) mass is 483 g/mol. The first kappa shape index (κ1) is 25.5. The molecular formula is C28H37NO6. The molecule has 2 aliphatic rings. The van der Waals surface area contributed by atoms with Gasteiger partial charge in [0.1, 0.15) is 25.9 Å². The van der Waals surface area contributed by atoms with Crippen LogP contribution in [0.5, 0.6) is 11.5 Å². The van der Waals surface area contributed by atoms with Gasteiger partial charge in [0.05, 0.1) is 18.3 Å². The molecule has 0 aromatic heterocycles. The molecule has 7 nitrogen and oxygen atoms in total. The van der Waals surface area contributed by atoms with Crippen LogP contribution in [0.25, 0.3) is 0 Å². The van der Waals surface area contributed by atoms with E-state index in [1.165, 1.54) is 11.1 Å². The van der Waals surface area contributed by atoms with Crippen molar-refractivity contribution < 1.29 is 28.8 Å². The highest BCUT2D eigenvalue weighted by molar-refractivity contribution is 5.75. The zero-order valence-corrected chi connectivity index (χ0v) is 20.9. The Balaban J connectivity index is 1.47. The topological polar surface area (TPSA) is 100 Å². The molecule has 2 aliphatic heterocycles. The Morgan fingerprint density at radius 2 is 1.86 bits per heavy atom. The minimum Gasteiger partial charge on any atom is -0.486 e. The van der Waals surface area contributed by atoms with Gasteiger partial charge in [-0.05, 0) is 53.1 Å². The van der Waals surface area contributed by atoms with E-state index in [2.05, 4.69) is 31.2 Å². The maximum atomic E-state index is 12.2. The van der Waals surface area contributed by atoms with Crippen molar-refractivity contribution in [2.75, 3.05) is 19.8 Å². The van der Waals surface area contributed by atoms with E-state index >= 15 is 0 Å². The highest BCUT2D eigenvalue weighted by Gasteiger charge is 2.31. The van der Waals surface area contributed by atoms with Gasteiger partial charge in [0.15, 0.2) is 11.5 Å². The van der Waals surface area contributed by atoms with Crippen LogP contribution in [-0.4, -0.2) is 49.1 Å². The van der Waals surface area contributed by atoms with Crippen LogP contribution in [0.3, 0.4) is 0 Å². The van der Waals surface area contributed by atoms with Gasteiger partial charge in [0.25, 0.3) is 0 Å².